The summed E-state index contributed by atoms with van der Waals surface area (Å²) in [7, 11) is 0. The first kappa shape index (κ1) is 19.0. The molecule has 1 N–H and O–H groups in total. The molecule has 0 saturated carbocycles. The molecule has 0 aromatic carbocycles. The van der Waals surface area contributed by atoms with E-state index in [1.54, 1.807) is 0 Å². The van der Waals surface area contributed by atoms with Crippen molar-refractivity contribution in [2.45, 2.75) is 50.4 Å². The van der Waals surface area contributed by atoms with Gasteiger partial charge in [-0.25, -0.2) is 0 Å². The Morgan fingerprint density at radius 3 is 1.45 bits per heavy atom. The molecular formula is C9H10F9NO. The summed E-state index contributed by atoms with van der Waals surface area (Å²) in [4.78, 5) is 2.69. The van der Waals surface area contributed by atoms with Crippen molar-refractivity contribution in [3.05, 3.63) is 0 Å². The first-order valence-electron chi connectivity index (χ1n) is 5.02. The fourth-order valence-electron chi connectivity index (χ4n) is 1.13. The lowest BCUT2D eigenvalue weighted by molar-refractivity contribution is -0.365. The molecule has 2 nitrogen and oxygen atoms in total. The van der Waals surface area contributed by atoms with Gasteiger partial charge in [0.05, 0.1) is 0 Å². The fourth-order valence-corrected chi connectivity index (χ4v) is 1.13. The van der Waals surface area contributed by atoms with E-state index in [9.17, 15) is 39.5 Å². The lowest BCUT2D eigenvalue weighted by atomic mass is 9.94. The summed E-state index contributed by atoms with van der Waals surface area (Å²) >= 11 is 0. The molecule has 0 rings (SSSR count). The van der Waals surface area contributed by atoms with Crippen molar-refractivity contribution < 1.29 is 44.6 Å². The first-order valence-corrected chi connectivity index (χ1v) is 5.02. The largest absolute Gasteiger partial charge is 0.429 e. The topological polar surface area (TPSA) is 32.6 Å². The molecule has 0 aliphatic rings. The van der Waals surface area contributed by atoms with Gasteiger partial charge in [0.25, 0.3) is 5.60 Å². The Labute approximate surface area is 107 Å². The van der Waals surface area contributed by atoms with E-state index in [1.165, 1.54) is 0 Å². The van der Waals surface area contributed by atoms with Gasteiger partial charge in [-0.2, -0.15) is 39.5 Å². The van der Waals surface area contributed by atoms with E-state index in [1.807, 2.05) is 0 Å². The lowest BCUT2D eigenvalue weighted by Crippen LogP contribution is -2.59. The number of rotatable bonds is 3. The van der Waals surface area contributed by atoms with Gasteiger partial charge in [0.2, 0.25) is 0 Å². The van der Waals surface area contributed by atoms with Crippen LogP contribution in [0.5, 0.6) is 0 Å². The van der Waals surface area contributed by atoms with Crippen LogP contribution >= 0.6 is 0 Å². The molecule has 0 atom stereocenters. The van der Waals surface area contributed by atoms with Crippen LogP contribution in [0.1, 0.15) is 20.3 Å². The van der Waals surface area contributed by atoms with Crippen LogP contribution in [0, 0.1) is 0 Å². The van der Waals surface area contributed by atoms with Gasteiger partial charge in [0, 0.05) is 12.5 Å². The van der Waals surface area contributed by atoms with Gasteiger partial charge in [0.15, 0.2) is 0 Å². The normalized spacial score (nSPS) is 15.9. The zero-order valence-electron chi connectivity index (χ0n) is 10.1. The lowest BCUT2D eigenvalue weighted by Gasteiger charge is -2.33. The van der Waals surface area contributed by atoms with Gasteiger partial charge in [-0.15, -0.1) is 0 Å². The Morgan fingerprint density at radius 1 is 0.900 bits per heavy atom. The van der Waals surface area contributed by atoms with E-state index >= 15 is 0 Å². The molecule has 20 heavy (non-hydrogen) atoms. The molecule has 0 spiro atoms. The highest BCUT2D eigenvalue weighted by atomic mass is 19.4. The van der Waals surface area contributed by atoms with Crippen LogP contribution in [0.2, 0.25) is 0 Å². The van der Waals surface area contributed by atoms with Crippen LogP contribution in [0.15, 0.2) is 4.99 Å². The Morgan fingerprint density at radius 2 is 1.25 bits per heavy atom. The van der Waals surface area contributed by atoms with E-state index < -0.39 is 42.3 Å². The molecule has 0 aromatic rings. The van der Waals surface area contributed by atoms with Crippen molar-refractivity contribution in [3.8, 4) is 0 Å². The standard InChI is InChI=1S/C9H10F9NO/c1-4(2)19-5(7(10,11)12)3-6(20,8(13,14)15)9(16,17)18/h4,20H,3H2,1-2H3. The van der Waals surface area contributed by atoms with E-state index in [0.717, 1.165) is 13.8 Å². The third kappa shape index (κ3) is 4.25. The maximum atomic E-state index is 12.4. The summed E-state index contributed by atoms with van der Waals surface area (Å²) in [6.45, 7) is 2.07. The summed E-state index contributed by atoms with van der Waals surface area (Å²) in [5.74, 6) is 0. The van der Waals surface area contributed by atoms with E-state index in [-0.39, 0.29) is 0 Å². The van der Waals surface area contributed by atoms with Crippen molar-refractivity contribution in [3.63, 3.8) is 0 Å². The number of halogens is 9. The maximum Gasteiger partial charge on any atom is 0.429 e. The predicted octanol–water partition coefficient (Wildman–Crippen LogP) is 3.64. The van der Waals surface area contributed by atoms with E-state index in [0.29, 0.717) is 0 Å². The zero-order valence-corrected chi connectivity index (χ0v) is 10.1. The minimum absolute atomic E-state index is 1.03. The van der Waals surface area contributed by atoms with E-state index in [4.69, 9.17) is 5.11 Å². The van der Waals surface area contributed by atoms with Crippen molar-refractivity contribution in [2.75, 3.05) is 0 Å². The third-order valence-corrected chi connectivity index (χ3v) is 2.10. The SMILES string of the molecule is CC(C)N=C(CC(O)(C(F)(F)F)C(F)(F)F)C(F)(F)F. The van der Waals surface area contributed by atoms with Crippen molar-refractivity contribution in [2.24, 2.45) is 4.99 Å². The molecule has 0 saturated heterocycles. The highest BCUT2D eigenvalue weighted by Crippen LogP contribution is 2.46. The predicted molar refractivity (Wildman–Crippen MR) is 50.3 cm³/mol. The number of hydrogen-bond acceptors (Lipinski definition) is 2. The highest BCUT2D eigenvalue weighted by Gasteiger charge is 2.71. The average Bonchev–Trinajstić information content (AvgIpc) is 2.10. The highest BCUT2D eigenvalue weighted by molar-refractivity contribution is 5.90. The quantitative estimate of drug-likeness (QED) is 0.625. The first-order chi connectivity index (χ1) is 8.52. The average molecular weight is 319 g/mol. The van der Waals surface area contributed by atoms with Crippen LogP contribution in [-0.2, 0) is 0 Å². The van der Waals surface area contributed by atoms with Crippen LogP contribution in [0.3, 0.4) is 0 Å². The third-order valence-electron chi connectivity index (χ3n) is 2.10. The molecule has 0 aromatic heterocycles. The fraction of sp³-hybridized carbons (Fsp3) is 0.889. The number of aliphatic hydroxyl groups is 1. The number of hydrogen-bond donors (Lipinski definition) is 1. The number of aliphatic imine (C=N–C) groups is 1. The molecule has 120 valence electrons. The molecule has 0 aliphatic heterocycles. The molecule has 0 unspecified atom stereocenters. The second-order valence-corrected chi connectivity index (χ2v) is 4.20. The monoisotopic (exact) mass is 319 g/mol. The Balaban J connectivity index is 5.79. The summed E-state index contributed by atoms with van der Waals surface area (Å²) in [6, 6.07) is -1.20. The van der Waals surface area contributed by atoms with Gasteiger partial charge in [-0.3, -0.25) is 4.99 Å². The molecular weight excluding hydrogens is 309 g/mol. The second kappa shape index (κ2) is 5.41. The summed E-state index contributed by atoms with van der Waals surface area (Å²) < 4.78 is 111. The van der Waals surface area contributed by atoms with E-state index in [2.05, 4.69) is 4.99 Å². The van der Waals surface area contributed by atoms with Crippen molar-refractivity contribution in [1.29, 1.82) is 0 Å². The minimum atomic E-state index is -6.33. The summed E-state index contributed by atoms with van der Waals surface area (Å²) in [5.41, 5.74) is -7.84. The smallest absolute Gasteiger partial charge is 0.373 e. The Kier molecular flexibility index (Phi) is 5.14. The molecule has 0 fully saturated rings. The van der Waals surface area contributed by atoms with Crippen LogP contribution < -0.4 is 0 Å². The number of alkyl halides is 9. The minimum Gasteiger partial charge on any atom is -0.373 e. The molecule has 0 heterocycles. The zero-order chi connectivity index (χ0) is 16.6. The molecule has 0 bridgehead atoms. The van der Waals surface area contributed by atoms with Crippen LogP contribution in [0.25, 0.3) is 0 Å². The van der Waals surface area contributed by atoms with Gasteiger partial charge in [-0.1, -0.05) is 0 Å². The number of nitrogens with zero attached hydrogens (tertiary/aromatic N) is 1. The second-order valence-electron chi connectivity index (χ2n) is 4.20. The van der Waals surface area contributed by atoms with Crippen LogP contribution in [0.4, 0.5) is 39.5 Å². The van der Waals surface area contributed by atoms with Crippen molar-refractivity contribution in [1.82, 2.24) is 0 Å². The van der Waals surface area contributed by atoms with Crippen LogP contribution in [-0.4, -0.2) is 41.0 Å². The Hall–Kier alpha value is -1.00. The van der Waals surface area contributed by atoms with Gasteiger partial charge in [-0.05, 0) is 13.8 Å². The molecule has 0 amide bonds. The Bertz CT molecular complexity index is 349. The maximum absolute atomic E-state index is 12.4. The molecule has 0 aliphatic carbocycles. The van der Waals surface area contributed by atoms with Gasteiger partial charge < -0.3 is 5.11 Å². The molecule has 11 heteroatoms. The summed E-state index contributed by atoms with van der Waals surface area (Å²) in [6.07, 6.45) is -20.9. The van der Waals surface area contributed by atoms with Gasteiger partial charge in [0.1, 0.15) is 5.71 Å². The molecule has 0 radical (unpaired) electrons. The van der Waals surface area contributed by atoms with Gasteiger partial charge >= 0.3 is 18.5 Å². The summed E-state index contributed by atoms with van der Waals surface area (Å²) in [5, 5.41) is 8.70. The van der Waals surface area contributed by atoms with Crippen molar-refractivity contribution >= 4 is 5.71 Å².